The molecule has 0 saturated carbocycles. The summed E-state index contributed by atoms with van der Waals surface area (Å²) in [6, 6.07) is 7.55. The first-order chi connectivity index (χ1) is 6.05. The van der Waals surface area contributed by atoms with Crippen LogP contribution < -0.4 is 4.74 Å². The third-order valence-corrected chi connectivity index (χ3v) is 2.39. The molecule has 0 atom stereocenters. The second-order valence-electron chi connectivity index (χ2n) is 3.65. The molecule has 0 radical (unpaired) electrons. The molecule has 1 rings (SSSR count). The summed E-state index contributed by atoms with van der Waals surface area (Å²) in [5, 5.41) is 0.670. The van der Waals surface area contributed by atoms with Gasteiger partial charge in [-0.1, -0.05) is 30.7 Å². The Labute approximate surface area is 84.7 Å². The van der Waals surface area contributed by atoms with Crippen LogP contribution in [-0.2, 0) is 0 Å². The molecular formula is C11H15ClO. The van der Waals surface area contributed by atoms with Crippen molar-refractivity contribution in [2.75, 3.05) is 0 Å². The van der Waals surface area contributed by atoms with Gasteiger partial charge in [0.15, 0.2) is 0 Å². The minimum atomic E-state index is -0.148. The van der Waals surface area contributed by atoms with Crippen LogP contribution in [0, 0.1) is 0 Å². The Balaban J connectivity index is 2.80. The largest absolute Gasteiger partial charge is 0.486 e. The third-order valence-electron chi connectivity index (χ3n) is 2.07. The molecule has 0 N–H and O–H groups in total. The molecule has 13 heavy (non-hydrogen) atoms. The molecule has 0 aliphatic heterocycles. The monoisotopic (exact) mass is 198 g/mol. The average molecular weight is 199 g/mol. The Hall–Kier alpha value is -0.690. The van der Waals surface area contributed by atoms with Gasteiger partial charge in [-0.25, -0.2) is 0 Å². The molecule has 0 saturated heterocycles. The maximum Gasteiger partial charge on any atom is 0.138 e. The lowest BCUT2D eigenvalue weighted by Crippen LogP contribution is -2.26. The summed E-state index contributed by atoms with van der Waals surface area (Å²) in [6.45, 7) is 6.20. The summed E-state index contributed by atoms with van der Waals surface area (Å²) in [5.41, 5.74) is -0.148. The van der Waals surface area contributed by atoms with Gasteiger partial charge in [-0.05, 0) is 32.4 Å². The zero-order chi connectivity index (χ0) is 9.90. The van der Waals surface area contributed by atoms with Crippen molar-refractivity contribution in [1.82, 2.24) is 0 Å². The predicted octanol–water partition coefficient (Wildman–Crippen LogP) is 3.91. The SMILES string of the molecule is CCC(C)(C)Oc1ccccc1Cl. The van der Waals surface area contributed by atoms with E-state index in [9.17, 15) is 0 Å². The summed E-state index contributed by atoms with van der Waals surface area (Å²) in [5.74, 6) is 0.760. The minimum Gasteiger partial charge on any atom is -0.486 e. The van der Waals surface area contributed by atoms with Gasteiger partial charge in [-0.3, -0.25) is 0 Å². The summed E-state index contributed by atoms with van der Waals surface area (Å²) in [7, 11) is 0. The highest BCUT2D eigenvalue weighted by atomic mass is 35.5. The highest BCUT2D eigenvalue weighted by molar-refractivity contribution is 6.32. The van der Waals surface area contributed by atoms with Crippen molar-refractivity contribution in [3.05, 3.63) is 29.3 Å². The molecule has 0 heterocycles. The molecule has 1 aromatic carbocycles. The van der Waals surface area contributed by atoms with Gasteiger partial charge in [0.05, 0.1) is 5.02 Å². The first-order valence-corrected chi connectivity index (χ1v) is 4.86. The number of rotatable bonds is 3. The van der Waals surface area contributed by atoms with Crippen molar-refractivity contribution in [1.29, 1.82) is 0 Å². The Morgan fingerprint density at radius 3 is 2.46 bits per heavy atom. The highest BCUT2D eigenvalue weighted by Crippen LogP contribution is 2.28. The maximum atomic E-state index is 5.96. The van der Waals surface area contributed by atoms with Crippen molar-refractivity contribution in [3.63, 3.8) is 0 Å². The number of hydrogen-bond acceptors (Lipinski definition) is 1. The normalized spacial score (nSPS) is 11.4. The Morgan fingerprint density at radius 2 is 1.92 bits per heavy atom. The lowest BCUT2D eigenvalue weighted by molar-refractivity contribution is 0.105. The van der Waals surface area contributed by atoms with Crippen LogP contribution in [0.3, 0.4) is 0 Å². The van der Waals surface area contributed by atoms with Gasteiger partial charge in [0.2, 0.25) is 0 Å². The molecule has 0 aliphatic rings. The van der Waals surface area contributed by atoms with Crippen LogP contribution >= 0.6 is 11.6 Å². The summed E-state index contributed by atoms with van der Waals surface area (Å²) < 4.78 is 5.75. The molecule has 0 unspecified atom stereocenters. The fourth-order valence-corrected chi connectivity index (χ4v) is 1.07. The van der Waals surface area contributed by atoms with E-state index < -0.39 is 0 Å². The molecule has 72 valence electrons. The molecule has 0 amide bonds. The van der Waals surface area contributed by atoms with Gasteiger partial charge in [-0.2, -0.15) is 0 Å². The number of halogens is 1. The molecule has 0 spiro atoms. The number of benzene rings is 1. The van der Waals surface area contributed by atoms with Crippen LogP contribution in [0.5, 0.6) is 5.75 Å². The zero-order valence-corrected chi connectivity index (χ0v) is 9.06. The van der Waals surface area contributed by atoms with E-state index in [4.69, 9.17) is 16.3 Å². The number of hydrogen-bond donors (Lipinski definition) is 0. The average Bonchev–Trinajstić information content (AvgIpc) is 2.09. The first kappa shape index (κ1) is 10.4. The van der Waals surface area contributed by atoms with Crippen LogP contribution in [0.4, 0.5) is 0 Å². The fraction of sp³-hybridized carbons (Fsp3) is 0.455. The van der Waals surface area contributed by atoms with Gasteiger partial charge < -0.3 is 4.74 Å². The van der Waals surface area contributed by atoms with Crippen LogP contribution in [0.1, 0.15) is 27.2 Å². The Morgan fingerprint density at radius 1 is 1.31 bits per heavy atom. The van der Waals surface area contributed by atoms with E-state index in [0.717, 1.165) is 12.2 Å². The van der Waals surface area contributed by atoms with E-state index >= 15 is 0 Å². The van der Waals surface area contributed by atoms with Crippen LogP contribution in [0.25, 0.3) is 0 Å². The summed E-state index contributed by atoms with van der Waals surface area (Å²) >= 11 is 5.96. The van der Waals surface area contributed by atoms with Gasteiger partial charge in [0, 0.05) is 0 Å². The third kappa shape index (κ3) is 2.92. The molecular weight excluding hydrogens is 184 g/mol. The van der Waals surface area contributed by atoms with Crippen LogP contribution in [0.15, 0.2) is 24.3 Å². The maximum absolute atomic E-state index is 5.96. The fourth-order valence-electron chi connectivity index (χ4n) is 0.897. The van der Waals surface area contributed by atoms with E-state index in [1.54, 1.807) is 0 Å². The van der Waals surface area contributed by atoms with E-state index in [0.29, 0.717) is 5.02 Å². The van der Waals surface area contributed by atoms with Crippen LogP contribution in [0.2, 0.25) is 5.02 Å². The van der Waals surface area contributed by atoms with Crippen molar-refractivity contribution < 1.29 is 4.74 Å². The standard InChI is InChI=1S/C11H15ClO/c1-4-11(2,3)13-10-8-6-5-7-9(10)12/h5-8H,4H2,1-3H3. The molecule has 0 fully saturated rings. The zero-order valence-electron chi connectivity index (χ0n) is 8.30. The molecule has 1 nitrogen and oxygen atoms in total. The van der Waals surface area contributed by atoms with Crippen molar-refractivity contribution in [2.24, 2.45) is 0 Å². The number of ether oxygens (including phenoxy) is 1. The predicted molar refractivity (Wildman–Crippen MR) is 56.5 cm³/mol. The summed E-state index contributed by atoms with van der Waals surface area (Å²) in [6.07, 6.45) is 0.957. The Bertz CT molecular complexity index is 281. The summed E-state index contributed by atoms with van der Waals surface area (Å²) in [4.78, 5) is 0. The Kier molecular flexibility index (Phi) is 3.21. The smallest absolute Gasteiger partial charge is 0.138 e. The van der Waals surface area contributed by atoms with Gasteiger partial charge in [0.25, 0.3) is 0 Å². The van der Waals surface area contributed by atoms with Crippen LogP contribution in [-0.4, -0.2) is 5.60 Å². The lowest BCUT2D eigenvalue weighted by Gasteiger charge is -2.25. The molecule has 1 aromatic rings. The van der Waals surface area contributed by atoms with Crippen molar-refractivity contribution in [3.8, 4) is 5.75 Å². The van der Waals surface area contributed by atoms with E-state index in [2.05, 4.69) is 20.8 Å². The molecule has 0 aliphatic carbocycles. The van der Waals surface area contributed by atoms with E-state index in [1.807, 2.05) is 24.3 Å². The van der Waals surface area contributed by atoms with E-state index in [1.165, 1.54) is 0 Å². The lowest BCUT2D eigenvalue weighted by atomic mass is 10.1. The van der Waals surface area contributed by atoms with Gasteiger partial charge in [0.1, 0.15) is 11.4 Å². The highest BCUT2D eigenvalue weighted by Gasteiger charge is 2.17. The quantitative estimate of drug-likeness (QED) is 0.716. The molecule has 2 heteroatoms. The van der Waals surface area contributed by atoms with Gasteiger partial charge in [-0.15, -0.1) is 0 Å². The molecule has 0 aromatic heterocycles. The second-order valence-corrected chi connectivity index (χ2v) is 4.05. The minimum absolute atomic E-state index is 0.148. The van der Waals surface area contributed by atoms with Crippen molar-refractivity contribution in [2.45, 2.75) is 32.8 Å². The number of para-hydroxylation sites is 1. The molecule has 0 bridgehead atoms. The first-order valence-electron chi connectivity index (χ1n) is 4.49. The van der Waals surface area contributed by atoms with Crippen molar-refractivity contribution >= 4 is 11.6 Å². The van der Waals surface area contributed by atoms with Gasteiger partial charge >= 0.3 is 0 Å². The topological polar surface area (TPSA) is 9.23 Å². The van der Waals surface area contributed by atoms with E-state index in [-0.39, 0.29) is 5.60 Å². The second kappa shape index (κ2) is 4.01.